The second-order valence-electron chi connectivity index (χ2n) is 4.68. The number of aryl methyl sites for hydroxylation is 1. The summed E-state index contributed by atoms with van der Waals surface area (Å²) >= 11 is 0. The molecule has 0 saturated heterocycles. The number of aliphatic hydroxyl groups is 1. The zero-order valence-corrected chi connectivity index (χ0v) is 9.98. The molecule has 1 fully saturated rings. The van der Waals surface area contributed by atoms with E-state index in [0.717, 1.165) is 24.8 Å². The molecular weight excluding hydrogens is 220 g/mol. The largest absolute Gasteiger partial charge is 0.396 e. The van der Waals surface area contributed by atoms with Gasteiger partial charge in [0.2, 0.25) is 5.76 Å². The molecule has 2 N–H and O–H groups in total. The predicted octanol–water partition coefficient (Wildman–Crippen LogP) is 1.12. The van der Waals surface area contributed by atoms with Crippen LogP contribution in [0.25, 0.3) is 0 Å². The van der Waals surface area contributed by atoms with Gasteiger partial charge in [0.15, 0.2) is 0 Å². The summed E-state index contributed by atoms with van der Waals surface area (Å²) in [6.07, 6.45) is 4.79. The van der Waals surface area contributed by atoms with Crippen molar-refractivity contribution < 1.29 is 14.4 Å². The summed E-state index contributed by atoms with van der Waals surface area (Å²) in [6, 6.07) is 0. The van der Waals surface area contributed by atoms with Gasteiger partial charge < -0.3 is 14.9 Å². The predicted molar refractivity (Wildman–Crippen MR) is 61.5 cm³/mol. The first-order valence-electron chi connectivity index (χ1n) is 6.02. The van der Waals surface area contributed by atoms with Gasteiger partial charge in [-0.05, 0) is 31.6 Å². The van der Waals surface area contributed by atoms with Crippen molar-refractivity contribution in [1.29, 1.82) is 0 Å². The molecule has 2 atom stereocenters. The Labute approximate surface area is 100 Å². The summed E-state index contributed by atoms with van der Waals surface area (Å²) in [4.78, 5) is 11.8. The lowest BCUT2D eigenvalue weighted by molar-refractivity contribution is 0.0900. The first-order valence-corrected chi connectivity index (χ1v) is 6.02. The van der Waals surface area contributed by atoms with E-state index in [0.29, 0.717) is 18.4 Å². The van der Waals surface area contributed by atoms with Crippen LogP contribution in [0, 0.1) is 18.8 Å². The van der Waals surface area contributed by atoms with E-state index in [-0.39, 0.29) is 18.3 Å². The molecule has 1 aliphatic carbocycles. The first-order chi connectivity index (χ1) is 8.22. The van der Waals surface area contributed by atoms with Gasteiger partial charge >= 0.3 is 0 Å². The highest BCUT2D eigenvalue weighted by Crippen LogP contribution is 2.30. The lowest BCUT2D eigenvalue weighted by Gasteiger charge is -2.17. The molecule has 17 heavy (non-hydrogen) atoms. The molecule has 0 spiro atoms. The smallest absolute Gasteiger partial charge is 0.290 e. The van der Waals surface area contributed by atoms with Gasteiger partial charge in [0, 0.05) is 18.7 Å². The summed E-state index contributed by atoms with van der Waals surface area (Å²) in [7, 11) is 0. The molecular formula is C12H18N2O3. The molecule has 0 radical (unpaired) electrons. The Bertz CT molecular complexity index is 389. The minimum atomic E-state index is -0.219. The van der Waals surface area contributed by atoms with Crippen LogP contribution >= 0.6 is 0 Å². The number of aromatic nitrogens is 1. The third-order valence-corrected chi connectivity index (χ3v) is 3.53. The SMILES string of the molecule is Cc1cnoc1C(=O)NCC1CCCC1CO. The summed E-state index contributed by atoms with van der Waals surface area (Å²) in [6.45, 7) is 2.60. The number of hydrogen-bond donors (Lipinski definition) is 2. The molecule has 0 bridgehead atoms. The Kier molecular flexibility index (Phi) is 3.78. The van der Waals surface area contributed by atoms with Gasteiger partial charge in [0.25, 0.3) is 5.91 Å². The second kappa shape index (κ2) is 5.31. The Balaban J connectivity index is 1.86. The highest BCUT2D eigenvalue weighted by molar-refractivity contribution is 5.92. The Morgan fingerprint density at radius 1 is 1.59 bits per heavy atom. The number of carbonyl (C=O) groups is 1. The van der Waals surface area contributed by atoms with Crippen molar-refractivity contribution in [1.82, 2.24) is 10.5 Å². The van der Waals surface area contributed by atoms with Crippen molar-refractivity contribution in [2.24, 2.45) is 11.8 Å². The topological polar surface area (TPSA) is 75.4 Å². The zero-order valence-electron chi connectivity index (χ0n) is 9.98. The standard InChI is InChI=1S/C12H18N2O3/c1-8-5-14-17-11(8)12(16)13-6-9-3-2-4-10(9)7-15/h5,9-10,15H,2-4,6-7H2,1H3,(H,13,16). The van der Waals surface area contributed by atoms with Gasteiger partial charge in [0.1, 0.15) is 0 Å². The van der Waals surface area contributed by atoms with Crippen molar-refractivity contribution in [2.45, 2.75) is 26.2 Å². The fourth-order valence-corrected chi connectivity index (χ4v) is 2.44. The number of nitrogens with one attached hydrogen (secondary N) is 1. The quantitative estimate of drug-likeness (QED) is 0.824. The molecule has 5 nitrogen and oxygen atoms in total. The highest BCUT2D eigenvalue weighted by Gasteiger charge is 2.27. The molecule has 1 aromatic heterocycles. The molecule has 1 saturated carbocycles. The van der Waals surface area contributed by atoms with E-state index in [1.807, 2.05) is 0 Å². The van der Waals surface area contributed by atoms with Gasteiger partial charge in [-0.15, -0.1) is 0 Å². The van der Waals surface area contributed by atoms with Crippen LogP contribution in [0.15, 0.2) is 10.7 Å². The maximum Gasteiger partial charge on any atom is 0.290 e. The van der Waals surface area contributed by atoms with E-state index in [2.05, 4.69) is 10.5 Å². The summed E-state index contributed by atoms with van der Waals surface area (Å²) in [5, 5.41) is 15.6. The molecule has 2 rings (SSSR count). The fraction of sp³-hybridized carbons (Fsp3) is 0.667. The van der Waals surface area contributed by atoms with Gasteiger partial charge in [-0.2, -0.15) is 0 Å². The highest BCUT2D eigenvalue weighted by atomic mass is 16.5. The van der Waals surface area contributed by atoms with E-state index in [4.69, 9.17) is 4.52 Å². The van der Waals surface area contributed by atoms with Gasteiger partial charge in [0.05, 0.1) is 6.20 Å². The van der Waals surface area contributed by atoms with E-state index >= 15 is 0 Å². The molecule has 94 valence electrons. The van der Waals surface area contributed by atoms with Crippen molar-refractivity contribution in [3.8, 4) is 0 Å². The van der Waals surface area contributed by atoms with Crippen LogP contribution < -0.4 is 5.32 Å². The van der Waals surface area contributed by atoms with Crippen LogP contribution in [-0.2, 0) is 0 Å². The molecule has 5 heteroatoms. The van der Waals surface area contributed by atoms with E-state index in [1.165, 1.54) is 6.20 Å². The zero-order chi connectivity index (χ0) is 12.3. The summed E-state index contributed by atoms with van der Waals surface area (Å²) < 4.78 is 4.88. The van der Waals surface area contributed by atoms with Gasteiger partial charge in [-0.1, -0.05) is 11.6 Å². The number of rotatable bonds is 4. The lowest BCUT2D eigenvalue weighted by Crippen LogP contribution is -2.31. The molecule has 1 aromatic rings. The van der Waals surface area contributed by atoms with Crippen LogP contribution in [-0.4, -0.2) is 29.3 Å². The van der Waals surface area contributed by atoms with Crippen LogP contribution in [0.3, 0.4) is 0 Å². The van der Waals surface area contributed by atoms with Crippen molar-refractivity contribution in [2.75, 3.05) is 13.2 Å². The molecule has 1 amide bonds. The maximum absolute atomic E-state index is 11.8. The number of aliphatic hydroxyl groups excluding tert-OH is 1. The summed E-state index contributed by atoms with van der Waals surface area (Å²) in [5.74, 6) is 0.769. The van der Waals surface area contributed by atoms with Crippen molar-refractivity contribution in [3.05, 3.63) is 17.5 Å². The first kappa shape index (κ1) is 12.1. The lowest BCUT2D eigenvalue weighted by atomic mass is 9.97. The number of nitrogens with zero attached hydrogens (tertiary/aromatic N) is 1. The molecule has 0 aliphatic heterocycles. The second-order valence-corrected chi connectivity index (χ2v) is 4.68. The third kappa shape index (κ3) is 2.66. The van der Waals surface area contributed by atoms with Crippen LogP contribution in [0.4, 0.5) is 0 Å². The molecule has 0 aromatic carbocycles. The number of carbonyl (C=O) groups excluding carboxylic acids is 1. The van der Waals surface area contributed by atoms with Crippen LogP contribution in [0.1, 0.15) is 35.4 Å². The van der Waals surface area contributed by atoms with Crippen LogP contribution in [0.5, 0.6) is 0 Å². The van der Waals surface area contributed by atoms with E-state index in [1.54, 1.807) is 6.92 Å². The maximum atomic E-state index is 11.8. The average molecular weight is 238 g/mol. The summed E-state index contributed by atoms with van der Waals surface area (Å²) in [5.41, 5.74) is 0.743. The Hall–Kier alpha value is -1.36. The van der Waals surface area contributed by atoms with Gasteiger partial charge in [-0.25, -0.2) is 0 Å². The minimum absolute atomic E-state index is 0.210. The monoisotopic (exact) mass is 238 g/mol. The normalized spacial score (nSPS) is 23.9. The molecule has 1 heterocycles. The van der Waals surface area contributed by atoms with Gasteiger partial charge in [-0.3, -0.25) is 4.79 Å². The number of amides is 1. The van der Waals surface area contributed by atoms with Crippen LogP contribution in [0.2, 0.25) is 0 Å². The number of hydrogen-bond acceptors (Lipinski definition) is 4. The van der Waals surface area contributed by atoms with Crippen molar-refractivity contribution in [3.63, 3.8) is 0 Å². The third-order valence-electron chi connectivity index (χ3n) is 3.53. The van der Waals surface area contributed by atoms with E-state index < -0.39 is 0 Å². The Morgan fingerprint density at radius 3 is 3.00 bits per heavy atom. The average Bonchev–Trinajstić information content (AvgIpc) is 2.94. The van der Waals surface area contributed by atoms with Crippen molar-refractivity contribution >= 4 is 5.91 Å². The minimum Gasteiger partial charge on any atom is -0.396 e. The fourth-order valence-electron chi connectivity index (χ4n) is 2.44. The van der Waals surface area contributed by atoms with E-state index in [9.17, 15) is 9.90 Å². The molecule has 2 unspecified atom stereocenters. The molecule has 1 aliphatic rings. The Morgan fingerprint density at radius 2 is 2.35 bits per heavy atom.